The van der Waals surface area contributed by atoms with E-state index < -0.39 is 29.6 Å². The van der Waals surface area contributed by atoms with Crippen LogP contribution in [0.15, 0.2) is 11.6 Å². The van der Waals surface area contributed by atoms with Crippen molar-refractivity contribution < 1.29 is 34.8 Å². The number of rotatable bonds is 6. The normalized spacial score (nSPS) is 13.3. The fourth-order valence-electron chi connectivity index (χ4n) is 0.800. The first-order valence-electron chi connectivity index (χ1n) is 3.92. The van der Waals surface area contributed by atoms with E-state index in [0.29, 0.717) is 0 Å². The Morgan fingerprint density at radius 1 is 1.13 bits per heavy atom. The van der Waals surface area contributed by atoms with Gasteiger partial charge in [-0.3, -0.25) is 4.79 Å². The topological polar surface area (TPSA) is 132 Å². The molecule has 0 aromatic rings. The molecule has 7 heteroatoms. The predicted molar refractivity (Wildman–Crippen MR) is 46.2 cm³/mol. The molecule has 0 fully saturated rings. The number of carbonyl (C=O) groups is 3. The standard InChI is InChI=1S/C8H10O7/c9-5(10)3-1-2-4(7(12)13)6(11)8(14)15/h2,6,11H,1,3H2,(H,9,10)(H,12,13)(H,14,15)/b4-2-/t6-/m1/s1. The van der Waals surface area contributed by atoms with Gasteiger partial charge < -0.3 is 20.4 Å². The maximum Gasteiger partial charge on any atom is 0.337 e. The fourth-order valence-corrected chi connectivity index (χ4v) is 0.800. The molecule has 0 amide bonds. The van der Waals surface area contributed by atoms with Crippen molar-refractivity contribution in [2.45, 2.75) is 18.9 Å². The minimum absolute atomic E-state index is 0.151. The van der Waals surface area contributed by atoms with Crippen molar-refractivity contribution in [2.75, 3.05) is 0 Å². The molecule has 15 heavy (non-hydrogen) atoms. The van der Waals surface area contributed by atoms with Gasteiger partial charge in [-0.15, -0.1) is 0 Å². The summed E-state index contributed by atoms with van der Waals surface area (Å²) in [6.07, 6.45) is -1.74. The number of hydrogen-bond acceptors (Lipinski definition) is 4. The van der Waals surface area contributed by atoms with Gasteiger partial charge in [-0.05, 0) is 6.42 Å². The van der Waals surface area contributed by atoms with E-state index in [1.807, 2.05) is 0 Å². The molecule has 0 saturated carbocycles. The van der Waals surface area contributed by atoms with Crippen LogP contribution in [0.25, 0.3) is 0 Å². The Morgan fingerprint density at radius 3 is 2.00 bits per heavy atom. The van der Waals surface area contributed by atoms with Crippen molar-refractivity contribution in [1.29, 1.82) is 0 Å². The van der Waals surface area contributed by atoms with Crippen LogP contribution in [0, 0.1) is 0 Å². The Labute approximate surface area is 84.3 Å². The molecular formula is C8H10O7. The monoisotopic (exact) mass is 218 g/mol. The van der Waals surface area contributed by atoms with Gasteiger partial charge in [-0.2, -0.15) is 0 Å². The van der Waals surface area contributed by atoms with Crippen molar-refractivity contribution >= 4 is 17.9 Å². The second kappa shape index (κ2) is 5.76. The molecule has 7 nitrogen and oxygen atoms in total. The van der Waals surface area contributed by atoms with E-state index in [1.54, 1.807) is 0 Å². The predicted octanol–water partition coefficient (Wildman–Crippen LogP) is -0.692. The van der Waals surface area contributed by atoms with E-state index in [2.05, 4.69) is 0 Å². The van der Waals surface area contributed by atoms with E-state index in [0.717, 1.165) is 6.08 Å². The molecule has 0 spiro atoms. The molecule has 4 N–H and O–H groups in total. The highest BCUT2D eigenvalue weighted by atomic mass is 16.4. The van der Waals surface area contributed by atoms with Crippen molar-refractivity contribution in [3.63, 3.8) is 0 Å². The summed E-state index contributed by atoms with van der Waals surface area (Å²) >= 11 is 0. The van der Waals surface area contributed by atoms with Gasteiger partial charge in [0, 0.05) is 6.42 Å². The van der Waals surface area contributed by atoms with Crippen molar-refractivity contribution in [2.24, 2.45) is 0 Å². The lowest BCUT2D eigenvalue weighted by Gasteiger charge is -2.05. The van der Waals surface area contributed by atoms with Gasteiger partial charge >= 0.3 is 17.9 Å². The molecule has 1 atom stereocenters. The summed E-state index contributed by atoms with van der Waals surface area (Å²) in [5, 5.41) is 34.0. The zero-order valence-electron chi connectivity index (χ0n) is 7.58. The number of aliphatic hydroxyl groups excluding tert-OH is 1. The van der Waals surface area contributed by atoms with Gasteiger partial charge in [0.05, 0.1) is 5.57 Å². The van der Waals surface area contributed by atoms with Gasteiger partial charge in [0.25, 0.3) is 0 Å². The number of hydrogen-bond donors (Lipinski definition) is 4. The van der Waals surface area contributed by atoms with Crippen LogP contribution in [0.2, 0.25) is 0 Å². The number of carboxylic acids is 3. The van der Waals surface area contributed by atoms with Crippen LogP contribution in [0.5, 0.6) is 0 Å². The molecular weight excluding hydrogens is 208 g/mol. The molecule has 0 bridgehead atoms. The van der Waals surface area contributed by atoms with E-state index >= 15 is 0 Å². The van der Waals surface area contributed by atoms with Crippen molar-refractivity contribution in [3.8, 4) is 0 Å². The molecule has 0 aromatic heterocycles. The van der Waals surface area contributed by atoms with Gasteiger partial charge in [-0.1, -0.05) is 6.08 Å². The molecule has 0 unspecified atom stereocenters. The van der Waals surface area contributed by atoms with E-state index in [-0.39, 0.29) is 12.8 Å². The quantitative estimate of drug-likeness (QED) is 0.433. The highest BCUT2D eigenvalue weighted by Gasteiger charge is 2.24. The second-order valence-electron chi connectivity index (χ2n) is 2.64. The lowest BCUT2D eigenvalue weighted by Crippen LogP contribution is -2.26. The molecule has 0 rings (SSSR count). The molecule has 0 saturated heterocycles. The maximum atomic E-state index is 10.5. The number of allylic oxidation sites excluding steroid dienone is 1. The van der Waals surface area contributed by atoms with Crippen molar-refractivity contribution in [3.05, 3.63) is 11.6 Å². The summed E-state index contributed by atoms with van der Waals surface area (Å²) in [5.74, 6) is -4.42. The highest BCUT2D eigenvalue weighted by molar-refractivity contribution is 5.95. The van der Waals surface area contributed by atoms with Gasteiger partial charge in [-0.25, -0.2) is 9.59 Å². The second-order valence-corrected chi connectivity index (χ2v) is 2.64. The molecule has 0 aliphatic rings. The van der Waals surface area contributed by atoms with E-state index in [9.17, 15) is 14.4 Å². The van der Waals surface area contributed by atoms with Crippen LogP contribution in [0.3, 0.4) is 0 Å². The average molecular weight is 218 g/mol. The Morgan fingerprint density at radius 2 is 1.67 bits per heavy atom. The Balaban J connectivity index is 4.59. The number of aliphatic hydroxyl groups is 1. The van der Waals surface area contributed by atoms with Crippen LogP contribution < -0.4 is 0 Å². The molecule has 0 radical (unpaired) electrons. The molecule has 0 heterocycles. The molecule has 0 aliphatic carbocycles. The summed E-state index contributed by atoms with van der Waals surface area (Å²) in [7, 11) is 0. The smallest absolute Gasteiger partial charge is 0.337 e. The number of carboxylic acid groups (broad SMARTS) is 3. The minimum atomic E-state index is -2.14. The summed E-state index contributed by atoms with van der Waals surface area (Å²) in [6, 6.07) is 0. The third-order valence-corrected chi connectivity index (χ3v) is 1.50. The SMILES string of the molecule is O=C(O)CC/C=C(\C(=O)O)[C@@H](O)C(=O)O. The first kappa shape index (κ1) is 13.1. The zero-order valence-corrected chi connectivity index (χ0v) is 7.58. The first-order chi connectivity index (χ1) is 6.86. The van der Waals surface area contributed by atoms with Crippen LogP contribution >= 0.6 is 0 Å². The summed E-state index contributed by atoms with van der Waals surface area (Å²) < 4.78 is 0. The van der Waals surface area contributed by atoms with Gasteiger partial charge in [0.1, 0.15) is 0 Å². The maximum absolute atomic E-state index is 10.5. The largest absolute Gasteiger partial charge is 0.481 e. The molecule has 0 aliphatic heterocycles. The summed E-state index contributed by atoms with van der Waals surface area (Å²) in [4.78, 5) is 30.9. The zero-order chi connectivity index (χ0) is 12.0. The Kier molecular flexibility index (Phi) is 5.03. The van der Waals surface area contributed by atoms with E-state index in [1.165, 1.54) is 0 Å². The average Bonchev–Trinajstić information content (AvgIpc) is 2.10. The van der Waals surface area contributed by atoms with Gasteiger partial charge in [0.15, 0.2) is 6.10 Å². The van der Waals surface area contributed by atoms with E-state index in [4.69, 9.17) is 20.4 Å². The number of aliphatic carboxylic acids is 3. The summed E-state index contributed by atoms with van der Waals surface area (Å²) in [5.41, 5.74) is -0.733. The third kappa shape index (κ3) is 4.77. The molecule has 0 aromatic carbocycles. The van der Waals surface area contributed by atoms with Crippen LogP contribution in [-0.2, 0) is 14.4 Å². The molecule has 84 valence electrons. The highest BCUT2D eigenvalue weighted by Crippen LogP contribution is 2.06. The van der Waals surface area contributed by atoms with Crippen LogP contribution in [0.1, 0.15) is 12.8 Å². The fraction of sp³-hybridized carbons (Fsp3) is 0.375. The third-order valence-electron chi connectivity index (χ3n) is 1.50. The van der Waals surface area contributed by atoms with Crippen molar-refractivity contribution in [1.82, 2.24) is 0 Å². The Hall–Kier alpha value is -1.89. The van der Waals surface area contributed by atoms with Crippen LogP contribution in [0.4, 0.5) is 0 Å². The lowest BCUT2D eigenvalue weighted by molar-refractivity contribution is -0.147. The minimum Gasteiger partial charge on any atom is -0.481 e. The first-order valence-corrected chi connectivity index (χ1v) is 3.92. The summed E-state index contributed by atoms with van der Waals surface area (Å²) in [6.45, 7) is 0. The van der Waals surface area contributed by atoms with Crippen LogP contribution in [-0.4, -0.2) is 44.4 Å². The lowest BCUT2D eigenvalue weighted by atomic mass is 10.1. The Bertz CT molecular complexity index is 304. The van der Waals surface area contributed by atoms with Gasteiger partial charge in [0.2, 0.25) is 0 Å².